The highest BCUT2D eigenvalue weighted by atomic mass is 16.7. The molecule has 8 heteroatoms. The van der Waals surface area contributed by atoms with E-state index < -0.39 is 11.9 Å². The standard InChI is InChI=1S/C7H11N5O3/c8-7(14)5-3-10-12(4-5)2-1-6(13)15-11-9/h3-4,11H,1-2,9H2,(H2,8,14). The Hall–Kier alpha value is -1.93. The van der Waals surface area contributed by atoms with Crippen molar-refractivity contribution in [1.82, 2.24) is 15.4 Å². The highest BCUT2D eigenvalue weighted by Gasteiger charge is 2.06. The molecule has 0 aliphatic rings. The van der Waals surface area contributed by atoms with Crippen LogP contribution in [0.5, 0.6) is 0 Å². The largest absolute Gasteiger partial charge is 0.366 e. The van der Waals surface area contributed by atoms with Crippen molar-refractivity contribution in [2.45, 2.75) is 13.0 Å². The van der Waals surface area contributed by atoms with Gasteiger partial charge in [-0.2, -0.15) is 5.10 Å². The van der Waals surface area contributed by atoms with Crippen LogP contribution in [0.4, 0.5) is 0 Å². The molecule has 0 saturated heterocycles. The van der Waals surface area contributed by atoms with Crippen LogP contribution in [0.25, 0.3) is 0 Å². The van der Waals surface area contributed by atoms with Gasteiger partial charge in [-0.05, 0) is 0 Å². The molecule has 0 fully saturated rings. The fourth-order valence-corrected chi connectivity index (χ4v) is 0.936. The van der Waals surface area contributed by atoms with Crippen LogP contribution in [0, 0.1) is 0 Å². The zero-order chi connectivity index (χ0) is 11.3. The van der Waals surface area contributed by atoms with E-state index in [4.69, 9.17) is 11.6 Å². The van der Waals surface area contributed by atoms with Gasteiger partial charge in [0.25, 0.3) is 5.91 Å². The van der Waals surface area contributed by atoms with Gasteiger partial charge in [0.2, 0.25) is 0 Å². The van der Waals surface area contributed by atoms with Crippen molar-refractivity contribution in [2.24, 2.45) is 11.6 Å². The summed E-state index contributed by atoms with van der Waals surface area (Å²) in [5.41, 5.74) is 7.09. The number of hydrogen-bond donors (Lipinski definition) is 3. The summed E-state index contributed by atoms with van der Waals surface area (Å²) in [4.78, 5) is 25.8. The summed E-state index contributed by atoms with van der Waals surface area (Å²) in [6, 6.07) is 0. The van der Waals surface area contributed by atoms with E-state index in [0.717, 1.165) is 0 Å². The summed E-state index contributed by atoms with van der Waals surface area (Å²) in [7, 11) is 0. The SMILES string of the molecule is NNOC(=O)CCn1cc(C(N)=O)cn1. The van der Waals surface area contributed by atoms with Gasteiger partial charge in [-0.15, -0.1) is 0 Å². The number of rotatable bonds is 5. The lowest BCUT2D eigenvalue weighted by Gasteiger charge is -2.00. The topological polar surface area (TPSA) is 125 Å². The smallest absolute Gasteiger partial charge is 0.328 e. The number of primary amides is 1. The Morgan fingerprint density at radius 3 is 2.87 bits per heavy atom. The van der Waals surface area contributed by atoms with Gasteiger partial charge in [0.1, 0.15) is 0 Å². The summed E-state index contributed by atoms with van der Waals surface area (Å²) in [5.74, 6) is 3.68. The second-order valence-electron chi connectivity index (χ2n) is 2.70. The minimum Gasteiger partial charge on any atom is -0.366 e. The number of hydrogen-bond acceptors (Lipinski definition) is 6. The van der Waals surface area contributed by atoms with E-state index in [0.29, 0.717) is 5.56 Å². The third kappa shape index (κ3) is 3.37. The first-order chi connectivity index (χ1) is 7.13. The average Bonchev–Trinajstić information content (AvgIpc) is 2.63. The summed E-state index contributed by atoms with van der Waals surface area (Å²) < 4.78 is 1.41. The monoisotopic (exact) mass is 213 g/mol. The molecule has 0 spiro atoms. The number of nitrogens with one attached hydrogen (secondary N) is 1. The molecule has 8 nitrogen and oxygen atoms in total. The average molecular weight is 213 g/mol. The summed E-state index contributed by atoms with van der Waals surface area (Å²) in [6.07, 6.45) is 2.87. The van der Waals surface area contributed by atoms with Crippen LogP contribution in [0.15, 0.2) is 12.4 Å². The lowest BCUT2D eigenvalue weighted by molar-refractivity contribution is -0.151. The van der Waals surface area contributed by atoms with Crippen molar-refractivity contribution < 1.29 is 14.4 Å². The third-order valence-electron chi connectivity index (χ3n) is 1.64. The van der Waals surface area contributed by atoms with E-state index in [1.807, 2.05) is 0 Å². The van der Waals surface area contributed by atoms with Gasteiger partial charge in [-0.3, -0.25) is 14.3 Å². The van der Waals surface area contributed by atoms with E-state index in [1.54, 1.807) is 5.59 Å². The van der Waals surface area contributed by atoms with Gasteiger partial charge < -0.3 is 10.6 Å². The molecule has 1 heterocycles. The number of carbonyl (C=O) groups is 2. The van der Waals surface area contributed by atoms with E-state index in [9.17, 15) is 9.59 Å². The van der Waals surface area contributed by atoms with Crippen LogP contribution in [0.2, 0.25) is 0 Å². The highest BCUT2D eigenvalue weighted by molar-refractivity contribution is 5.92. The van der Waals surface area contributed by atoms with Crippen LogP contribution in [0.3, 0.4) is 0 Å². The maximum Gasteiger partial charge on any atom is 0.328 e. The van der Waals surface area contributed by atoms with E-state index in [-0.39, 0.29) is 13.0 Å². The highest BCUT2D eigenvalue weighted by Crippen LogP contribution is 1.97. The molecule has 0 unspecified atom stereocenters. The molecule has 1 rings (SSSR count). The normalized spacial score (nSPS) is 9.93. The first-order valence-corrected chi connectivity index (χ1v) is 4.11. The number of hydrazine groups is 1. The molecule has 0 aliphatic carbocycles. The van der Waals surface area contributed by atoms with E-state index >= 15 is 0 Å². The predicted molar refractivity (Wildman–Crippen MR) is 48.8 cm³/mol. The molecular formula is C7H11N5O3. The van der Waals surface area contributed by atoms with Crippen molar-refractivity contribution in [1.29, 1.82) is 0 Å². The number of amides is 1. The molecular weight excluding hydrogens is 202 g/mol. The summed E-state index contributed by atoms with van der Waals surface area (Å²) in [6.45, 7) is 0.286. The zero-order valence-corrected chi connectivity index (χ0v) is 7.84. The van der Waals surface area contributed by atoms with Crippen LogP contribution in [0.1, 0.15) is 16.8 Å². The van der Waals surface area contributed by atoms with Gasteiger partial charge in [0, 0.05) is 6.20 Å². The number of nitrogens with zero attached hydrogens (tertiary/aromatic N) is 2. The minimum absolute atomic E-state index is 0.0874. The van der Waals surface area contributed by atoms with E-state index in [1.165, 1.54) is 17.1 Å². The Kier molecular flexibility index (Phi) is 3.77. The molecule has 0 saturated carbocycles. The lowest BCUT2D eigenvalue weighted by atomic mass is 10.3. The Morgan fingerprint density at radius 2 is 2.33 bits per heavy atom. The molecule has 82 valence electrons. The van der Waals surface area contributed by atoms with Gasteiger partial charge in [0.05, 0.1) is 24.7 Å². The first-order valence-electron chi connectivity index (χ1n) is 4.11. The molecule has 5 N–H and O–H groups in total. The second-order valence-corrected chi connectivity index (χ2v) is 2.70. The van der Waals surface area contributed by atoms with Crippen LogP contribution in [-0.4, -0.2) is 21.7 Å². The van der Waals surface area contributed by atoms with Crippen LogP contribution < -0.4 is 17.2 Å². The molecule has 1 aromatic rings. The molecule has 0 aliphatic heterocycles. The molecule has 15 heavy (non-hydrogen) atoms. The summed E-state index contributed by atoms with van der Waals surface area (Å²) in [5, 5.41) is 3.83. The Bertz CT molecular complexity index is 361. The first kappa shape index (κ1) is 11.1. The van der Waals surface area contributed by atoms with Gasteiger partial charge in [0.15, 0.2) is 0 Å². The van der Waals surface area contributed by atoms with Crippen molar-refractivity contribution in [3.8, 4) is 0 Å². The van der Waals surface area contributed by atoms with Crippen molar-refractivity contribution >= 4 is 11.9 Å². The third-order valence-corrected chi connectivity index (χ3v) is 1.64. The molecule has 1 aromatic heterocycles. The van der Waals surface area contributed by atoms with Gasteiger partial charge in [-0.1, -0.05) is 5.59 Å². The zero-order valence-electron chi connectivity index (χ0n) is 7.84. The van der Waals surface area contributed by atoms with E-state index in [2.05, 4.69) is 9.94 Å². The number of carbonyl (C=O) groups excluding carboxylic acids is 2. The maximum atomic E-state index is 10.9. The quantitative estimate of drug-likeness (QED) is 0.395. The molecule has 0 radical (unpaired) electrons. The fraction of sp³-hybridized carbons (Fsp3) is 0.286. The Morgan fingerprint density at radius 1 is 1.60 bits per heavy atom. The molecule has 0 bridgehead atoms. The minimum atomic E-state index is -0.563. The van der Waals surface area contributed by atoms with Crippen molar-refractivity contribution in [3.63, 3.8) is 0 Å². The number of nitrogens with two attached hydrogens (primary N) is 2. The fourth-order valence-electron chi connectivity index (χ4n) is 0.936. The Balaban J connectivity index is 2.44. The second kappa shape index (κ2) is 5.08. The van der Waals surface area contributed by atoms with Crippen molar-refractivity contribution in [2.75, 3.05) is 0 Å². The number of aryl methyl sites for hydroxylation is 1. The maximum absolute atomic E-state index is 10.9. The van der Waals surface area contributed by atoms with Gasteiger partial charge >= 0.3 is 5.97 Å². The molecule has 0 aromatic carbocycles. The van der Waals surface area contributed by atoms with Crippen LogP contribution in [-0.2, 0) is 16.2 Å². The molecule has 0 atom stereocenters. The predicted octanol–water partition coefficient (Wildman–Crippen LogP) is -1.71. The summed E-state index contributed by atoms with van der Waals surface area (Å²) >= 11 is 0. The lowest BCUT2D eigenvalue weighted by Crippen LogP contribution is -2.26. The van der Waals surface area contributed by atoms with Crippen molar-refractivity contribution in [3.05, 3.63) is 18.0 Å². The van der Waals surface area contributed by atoms with Gasteiger partial charge in [-0.25, -0.2) is 5.84 Å². The Labute approximate surface area is 85.1 Å². The molecule has 1 amide bonds. The van der Waals surface area contributed by atoms with Crippen LogP contribution >= 0.6 is 0 Å². The number of aromatic nitrogens is 2.